The average molecular weight is 338 g/mol. The van der Waals surface area contributed by atoms with E-state index in [9.17, 15) is 5.11 Å². The van der Waals surface area contributed by atoms with Crippen molar-refractivity contribution in [1.82, 2.24) is 5.32 Å². The van der Waals surface area contributed by atoms with E-state index in [-0.39, 0.29) is 6.10 Å². The van der Waals surface area contributed by atoms with E-state index in [4.69, 9.17) is 9.47 Å². The van der Waals surface area contributed by atoms with E-state index in [0.29, 0.717) is 19.8 Å². The molecule has 104 valence electrons. The predicted molar refractivity (Wildman–Crippen MR) is 77.0 cm³/mol. The first-order valence-corrected chi connectivity index (χ1v) is 7.46. The molecular formula is C12H20BrNO3S. The van der Waals surface area contributed by atoms with Crippen LogP contribution in [0.3, 0.4) is 0 Å². The van der Waals surface area contributed by atoms with Crippen LogP contribution in [0.1, 0.15) is 11.8 Å². The number of hydrogen-bond acceptors (Lipinski definition) is 5. The maximum absolute atomic E-state index is 9.72. The lowest BCUT2D eigenvalue weighted by Crippen LogP contribution is -2.31. The van der Waals surface area contributed by atoms with Crippen LogP contribution in [0.2, 0.25) is 0 Å². The van der Waals surface area contributed by atoms with E-state index in [0.717, 1.165) is 10.3 Å². The van der Waals surface area contributed by atoms with Gasteiger partial charge in [-0.15, -0.1) is 11.3 Å². The third-order valence-corrected chi connectivity index (χ3v) is 3.91. The molecule has 0 aliphatic rings. The Morgan fingerprint density at radius 1 is 1.44 bits per heavy atom. The molecule has 4 nitrogen and oxygen atoms in total. The molecule has 0 aromatic carbocycles. The molecule has 0 bridgehead atoms. The Hall–Kier alpha value is 0.0200. The molecule has 1 rings (SSSR count). The van der Waals surface area contributed by atoms with E-state index in [1.165, 1.54) is 4.88 Å². The number of halogens is 1. The summed E-state index contributed by atoms with van der Waals surface area (Å²) in [5.41, 5.74) is 0. The van der Waals surface area contributed by atoms with E-state index in [2.05, 4.69) is 27.3 Å². The molecule has 0 saturated carbocycles. The zero-order chi connectivity index (χ0) is 13.4. The standard InChI is InChI=1S/C12H20BrNO3S/c1-9(7-16-2)17-8-10(15)5-14-6-11-3-4-12(13)18-11/h3-4,9-10,14-15H,5-8H2,1-2H3. The highest BCUT2D eigenvalue weighted by atomic mass is 79.9. The second kappa shape index (κ2) is 9.01. The molecule has 2 unspecified atom stereocenters. The molecule has 2 atom stereocenters. The van der Waals surface area contributed by atoms with Gasteiger partial charge in [-0.3, -0.25) is 0 Å². The van der Waals surface area contributed by atoms with Gasteiger partial charge in [0.1, 0.15) is 0 Å². The Labute approximate surface area is 120 Å². The van der Waals surface area contributed by atoms with Crippen LogP contribution in [0.5, 0.6) is 0 Å². The van der Waals surface area contributed by atoms with Crippen LogP contribution in [-0.2, 0) is 16.0 Å². The zero-order valence-electron chi connectivity index (χ0n) is 10.7. The second-order valence-electron chi connectivity index (χ2n) is 4.09. The molecule has 6 heteroatoms. The van der Waals surface area contributed by atoms with E-state index in [1.807, 2.05) is 13.0 Å². The average Bonchev–Trinajstić information content (AvgIpc) is 2.73. The number of aliphatic hydroxyl groups is 1. The van der Waals surface area contributed by atoms with Crippen molar-refractivity contribution in [2.45, 2.75) is 25.7 Å². The van der Waals surface area contributed by atoms with Crippen molar-refractivity contribution < 1.29 is 14.6 Å². The van der Waals surface area contributed by atoms with Crippen molar-refractivity contribution in [2.24, 2.45) is 0 Å². The minimum atomic E-state index is -0.493. The fourth-order valence-corrected chi connectivity index (χ4v) is 2.88. The van der Waals surface area contributed by atoms with E-state index >= 15 is 0 Å². The highest BCUT2D eigenvalue weighted by Gasteiger charge is 2.08. The normalized spacial score (nSPS) is 14.7. The van der Waals surface area contributed by atoms with Gasteiger partial charge in [0, 0.05) is 25.1 Å². The number of aliphatic hydroxyl groups excluding tert-OH is 1. The Kier molecular flexibility index (Phi) is 8.05. The van der Waals surface area contributed by atoms with Crippen LogP contribution in [0.25, 0.3) is 0 Å². The fourth-order valence-electron chi connectivity index (χ4n) is 1.43. The molecule has 1 heterocycles. The van der Waals surface area contributed by atoms with Gasteiger partial charge in [0.15, 0.2) is 0 Å². The number of thiophene rings is 1. The molecule has 2 N–H and O–H groups in total. The zero-order valence-corrected chi connectivity index (χ0v) is 13.1. The SMILES string of the molecule is COCC(C)OCC(O)CNCc1ccc(Br)s1. The van der Waals surface area contributed by atoms with E-state index < -0.39 is 6.10 Å². The summed E-state index contributed by atoms with van der Waals surface area (Å²) in [6.45, 7) is 4.08. The Bertz CT molecular complexity index is 335. The minimum absolute atomic E-state index is 0.0119. The van der Waals surface area contributed by atoms with E-state index in [1.54, 1.807) is 18.4 Å². The highest BCUT2D eigenvalue weighted by Crippen LogP contribution is 2.21. The molecular weight excluding hydrogens is 318 g/mol. The molecule has 0 spiro atoms. The number of ether oxygens (including phenoxy) is 2. The van der Waals surface area contributed by atoms with Crippen molar-refractivity contribution in [2.75, 3.05) is 26.9 Å². The summed E-state index contributed by atoms with van der Waals surface area (Å²) in [6.07, 6.45) is -0.481. The monoisotopic (exact) mass is 337 g/mol. The summed E-state index contributed by atoms with van der Waals surface area (Å²) in [5.74, 6) is 0. The number of rotatable bonds is 9. The van der Waals surface area contributed by atoms with Gasteiger partial charge in [-0.25, -0.2) is 0 Å². The van der Waals surface area contributed by atoms with Gasteiger partial charge in [-0.1, -0.05) is 0 Å². The lowest BCUT2D eigenvalue weighted by atomic mass is 10.3. The summed E-state index contributed by atoms with van der Waals surface area (Å²) < 4.78 is 11.5. The van der Waals surface area contributed by atoms with Crippen LogP contribution >= 0.6 is 27.3 Å². The Morgan fingerprint density at radius 3 is 2.83 bits per heavy atom. The predicted octanol–water partition coefficient (Wildman–Crippen LogP) is 2.01. The smallest absolute Gasteiger partial charge is 0.0897 e. The van der Waals surface area contributed by atoms with Crippen LogP contribution in [0, 0.1) is 0 Å². The van der Waals surface area contributed by atoms with Gasteiger partial charge in [0.05, 0.1) is 29.2 Å². The van der Waals surface area contributed by atoms with Crippen LogP contribution < -0.4 is 5.32 Å². The molecule has 0 aliphatic heterocycles. The summed E-state index contributed by atoms with van der Waals surface area (Å²) in [5, 5.41) is 12.9. The lowest BCUT2D eigenvalue weighted by molar-refractivity contribution is -0.0311. The van der Waals surface area contributed by atoms with Gasteiger partial charge in [0.2, 0.25) is 0 Å². The minimum Gasteiger partial charge on any atom is -0.389 e. The van der Waals surface area contributed by atoms with Crippen molar-refractivity contribution in [3.05, 3.63) is 20.8 Å². The highest BCUT2D eigenvalue weighted by molar-refractivity contribution is 9.11. The quantitative estimate of drug-likeness (QED) is 0.723. The van der Waals surface area contributed by atoms with Gasteiger partial charge in [-0.05, 0) is 35.0 Å². The second-order valence-corrected chi connectivity index (χ2v) is 6.64. The summed E-state index contributed by atoms with van der Waals surface area (Å²) >= 11 is 5.11. The number of methoxy groups -OCH3 is 1. The Morgan fingerprint density at radius 2 is 2.22 bits per heavy atom. The number of nitrogens with one attached hydrogen (secondary N) is 1. The van der Waals surface area contributed by atoms with Gasteiger partial charge in [-0.2, -0.15) is 0 Å². The maximum Gasteiger partial charge on any atom is 0.0897 e. The topological polar surface area (TPSA) is 50.7 Å². The fraction of sp³-hybridized carbons (Fsp3) is 0.667. The third-order valence-electron chi connectivity index (χ3n) is 2.28. The van der Waals surface area contributed by atoms with Crippen molar-refractivity contribution in [3.63, 3.8) is 0 Å². The largest absolute Gasteiger partial charge is 0.389 e. The molecule has 0 saturated heterocycles. The van der Waals surface area contributed by atoms with Gasteiger partial charge >= 0.3 is 0 Å². The number of hydrogen-bond donors (Lipinski definition) is 2. The first-order chi connectivity index (χ1) is 8.61. The molecule has 0 radical (unpaired) electrons. The van der Waals surface area contributed by atoms with Crippen LogP contribution in [0.4, 0.5) is 0 Å². The van der Waals surface area contributed by atoms with Gasteiger partial charge in [0.25, 0.3) is 0 Å². The summed E-state index contributed by atoms with van der Waals surface area (Å²) in [7, 11) is 1.64. The van der Waals surface area contributed by atoms with Crippen molar-refractivity contribution in [1.29, 1.82) is 0 Å². The maximum atomic E-state index is 9.72. The molecule has 1 aromatic rings. The molecule has 18 heavy (non-hydrogen) atoms. The first-order valence-electron chi connectivity index (χ1n) is 5.85. The molecule has 1 aromatic heterocycles. The molecule has 0 amide bonds. The summed E-state index contributed by atoms with van der Waals surface area (Å²) in [4.78, 5) is 1.24. The molecule has 0 aliphatic carbocycles. The first kappa shape index (κ1) is 16.1. The third kappa shape index (κ3) is 6.82. The van der Waals surface area contributed by atoms with Crippen molar-refractivity contribution >= 4 is 27.3 Å². The van der Waals surface area contributed by atoms with Gasteiger partial charge < -0.3 is 19.9 Å². The van der Waals surface area contributed by atoms with Crippen molar-refractivity contribution in [3.8, 4) is 0 Å². The summed E-state index contributed by atoms with van der Waals surface area (Å²) in [6, 6.07) is 4.08. The lowest BCUT2D eigenvalue weighted by Gasteiger charge is -2.16. The molecule has 0 fully saturated rings. The van der Waals surface area contributed by atoms with Crippen LogP contribution in [-0.4, -0.2) is 44.2 Å². The Balaban J connectivity index is 2.08. The van der Waals surface area contributed by atoms with Crippen LogP contribution in [0.15, 0.2) is 15.9 Å².